The largest absolute Gasteiger partial charge is 0.459 e. The lowest BCUT2D eigenvalue weighted by atomic mass is 10.0. The summed E-state index contributed by atoms with van der Waals surface area (Å²) in [4.78, 5) is 25.8. The van der Waals surface area contributed by atoms with Crippen LogP contribution in [0.5, 0.6) is 0 Å². The molecule has 0 N–H and O–H groups in total. The van der Waals surface area contributed by atoms with E-state index in [4.69, 9.17) is 14.2 Å². The molecule has 1 aromatic heterocycles. The van der Waals surface area contributed by atoms with E-state index in [9.17, 15) is 9.59 Å². The zero-order valence-electron chi connectivity index (χ0n) is 23.0. The van der Waals surface area contributed by atoms with Crippen LogP contribution in [0, 0.1) is 13.8 Å². The van der Waals surface area contributed by atoms with Crippen LogP contribution in [0.2, 0.25) is 0 Å². The Morgan fingerprint density at radius 2 is 1.44 bits per heavy atom. The number of nitrogens with zero attached hydrogens (tertiary/aromatic N) is 1. The van der Waals surface area contributed by atoms with Crippen LogP contribution in [0.1, 0.15) is 44.5 Å². The van der Waals surface area contributed by atoms with Crippen molar-refractivity contribution in [3.8, 4) is 11.1 Å². The van der Waals surface area contributed by atoms with E-state index in [-0.39, 0.29) is 6.61 Å². The highest BCUT2D eigenvalue weighted by Crippen LogP contribution is 2.35. The summed E-state index contributed by atoms with van der Waals surface area (Å²) in [6.07, 6.45) is 0.803. The van der Waals surface area contributed by atoms with Gasteiger partial charge in [-0.2, -0.15) is 0 Å². The number of ether oxygens (including phenoxy) is 3. The molecule has 1 aliphatic heterocycles. The normalized spacial score (nSPS) is 18.3. The zero-order chi connectivity index (χ0) is 28.3. The first-order chi connectivity index (χ1) is 19.9. The maximum absolute atomic E-state index is 13.0. The first kappa shape index (κ1) is 26.5. The number of benzene rings is 4. The van der Waals surface area contributed by atoms with Gasteiger partial charge in [0.15, 0.2) is 0 Å². The monoisotopic (exact) mass is 545 g/mol. The van der Waals surface area contributed by atoms with Gasteiger partial charge in [0.1, 0.15) is 25.0 Å². The summed E-state index contributed by atoms with van der Waals surface area (Å²) in [6, 6.07) is 33.1. The van der Waals surface area contributed by atoms with E-state index in [1.165, 1.54) is 0 Å². The summed E-state index contributed by atoms with van der Waals surface area (Å²) in [5.41, 5.74) is 6.34. The van der Waals surface area contributed by atoms with E-state index in [1.54, 1.807) is 24.3 Å². The van der Waals surface area contributed by atoms with Crippen molar-refractivity contribution in [2.24, 2.45) is 0 Å². The van der Waals surface area contributed by atoms with Crippen LogP contribution in [0.3, 0.4) is 0 Å². The minimum Gasteiger partial charge on any atom is -0.459 e. The number of aromatic nitrogens is 1. The molecule has 3 atom stereocenters. The first-order valence-electron chi connectivity index (χ1n) is 13.8. The maximum Gasteiger partial charge on any atom is 0.338 e. The molecule has 1 fully saturated rings. The van der Waals surface area contributed by atoms with Gasteiger partial charge in [0.05, 0.1) is 16.6 Å². The maximum atomic E-state index is 13.0. The molecule has 1 saturated heterocycles. The molecular formula is C35H31NO5. The van der Waals surface area contributed by atoms with Crippen molar-refractivity contribution in [3.63, 3.8) is 0 Å². The van der Waals surface area contributed by atoms with Gasteiger partial charge in [0.2, 0.25) is 0 Å². The number of esters is 2. The van der Waals surface area contributed by atoms with Gasteiger partial charge in [-0.25, -0.2) is 9.59 Å². The summed E-state index contributed by atoms with van der Waals surface area (Å²) >= 11 is 0. The molecule has 0 unspecified atom stereocenters. The van der Waals surface area contributed by atoms with E-state index in [2.05, 4.69) is 41.0 Å². The fourth-order valence-electron chi connectivity index (χ4n) is 5.20. The Morgan fingerprint density at radius 1 is 0.780 bits per heavy atom. The molecule has 0 aliphatic carbocycles. The average molecular weight is 546 g/mol. The van der Waals surface area contributed by atoms with Crippen LogP contribution in [0.15, 0.2) is 109 Å². The standard InChI is InChI=1S/C35H31NO5/c1-23-8-12-26(13-9-23)34(37)39-22-32-31(41-35(38)27-14-10-24(2)11-15-27)21-33(40-32)36-19-18-29-20-28(16-17-30(29)36)25-6-4-3-5-7-25/h3-20,31-33H,21-22H2,1-2H3/t31-,32+,33+/m0/s1. The minimum atomic E-state index is -0.621. The minimum absolute atomic E-state index is 0.0353. The van der Waals surface area contributed by atoms with Crippen molar-refractivity contribution >= 4 is 22.8 Å². The fraction of sp³-hybridized carbons (Fsp3) is 0.200. The Hall–Kier alpha value is -4.68. The van der Waals surface area contributed by atoms with Crippen LogP contribution in [-0.2, 0) is 14.2 Å². The van der Waals surface area contributed by atoms with Crippen molar-refractivity contribution in [1.29, 1.82) is 0 Å². The number of carbonyl (C=O) groups is 2. The topological polar surface area (TPSA) is 66.8 Å². The zero-order valence-corrected chi connectivity index (χ0v) is 23.0. The van der Waals surface area contributed by atoms with Crippen molar-refractivity contribution in [1.82, 2.24) is 4.57 Å². The second-order valence-corrected chi connectivity index (χ2v) is 10.5. The van der Waals surface area contributed by atoms with Crippen LogP contribution >= 0.6 is 0 Å². The third-order valence-electron chi connectivity index (χ3n) is 7.53. The van der Waals surface area contributed by atoms with E-state index in [0.717, 1.165) is 33.2 Å². The average Bonchev–Trinajstić information content (AvgIpc) is 3.60. The molecule has 206 valence electrons. The van der Waals surface area contributed by atoms with Crippen LogP contribution in [0.4, 0.5) is 0 Å². The highest BCUT2D eigenvalue weighted by molar-refractivity contribution is 5.90. The first-order valence-corrected chi connectivity index (χ1v) is 13.8. The Labute approximate surface area is 239 Å². The van der Waals surface area contributed by atoms with E-state index < -0.39 is 30.4 Å². The fourth-order valence-corrected chi connectivity index (χ4v) is 5.20. The van der Waals surface area contributed by atoms with Crippen molar-refractivity contribution in [2.75, 3.05) is 6.61 Å². The number of fused-ring (bicyclic) bond motifs is 1. The van der Waals surface area contributed by atoms with Gasteiger partial charge in [-0.05, 0) is 67.4 Å². The lowest BCUT2D eigenvalue weighted by Gasteiger charge is -2.19. The second-order valence-electron chi connectivity index (χ2n) is 10.5. The van der Waals surface area contributed by atoms with Crippen LogP contribution in [0.25, 0.3) is 22.0 Å². The molecule has 0 saturated carbocycles. The molecule has 6 nitrogen and oxygen atoms in total. The SMILES string of the molecule is Cc1ccc(C(=O)OC[C@H]2O[C@@H](n3ccc4cc(-c5ccccc5)ccc43)C[C@@H]2OC(=O)c2ccc(C)cc2)cc1. The van der Waals surface area contributed by atoms with Gasteiger partial charge >= 0.3 is 11.9 Å². The summed E-state index contributed by atoms with van der Waals surface area (Å²) < 4.78 is 20.1. The van der Waals surface area contributed by atoms with Crippen molar-refractivity contribution < 1.29 is 23.8 Å². The van der Waals surface area contributed by atoms with Gasteiger partial charge in [-0.15, -0.1) is 0 Å². The van der Waals surface area contributed by atoms with Crippen LogP contribution in [-0.4, -0.2) is 35.3 Å². The molecule has 0 radical (unpaired) electrons. The highest BCUT2D eigenvalue weighted by Gasteiger charge is 2.40. The summed E-state index contributed by atoms with van der Waals surface area (Å²) in [5, 5.41) is 1.08. The Bertz CT molecular complexity index is 1670. The third-order valence-corrected chi connectivity index (χ3v) is 7.53. The van der Waals surface area contributed by atoms with Gasteiger partial charge in [-0.3, -0.25) is 0 Å². The number of carbonyl (C=O) groups excluding carboxylic acids is 2. The Kier molecular flexibility index (Phi) is 7.40. The molecule has 0 spiro atoms. The molecule has 4 aromatic carbocycles. The van der Waals surface area contributed by atoms with Gasteiger partial charge in [-0.1, -0.05) is 71.8 Å². The van der Waals surface area contributed by atoms with Gasteiger partial charge in [0, 0.05) is 18.0 Å². The van der Waals surface area contributed by atoms with E-state index in [1.807, 2.05) is 62.5 Å². The number of aryl methyl sites for hydroxylation is 2. The lowest BCUT2D eigenvalue weighted by Crippen LogP contribution is -2.32. The van der Waals surface area contributed by atoms with E-state index >= 15 is 0 Å². The summed E-state index contributed by atoms with van der Waals surface area (Å²) in [6.45, 7) is 3.89. The molecule has 6 rings (SSSR count). The van der Waals surface area contributed by atoms with Gasteiger partial charge < -0.3 is 18.8 Å². The molecular weight excluding hydrogens is 514 g/mol. The van der Waals surface area contributed by atoms with E-state index in [0.29, 0.717) is 17.5 Å². The molecule has 41 heavy (non-hydrogen) atoms. The smallest absolute Gasteiger partial charge is 0.338 e. The molecule has 2 heterocycles. The Balaban J connectivity index is 1.23. The highest BCUT2D eigenvalue weighted by atomic mass is 16.6. The van der Waals surface area contributed by atoms with Crippen LogP contribution < -0.4 is 0 Å². The van der Waals surface area contributed by atoms with Gasteiger partial charge in [0.25, 0.3) is 0 Å². The molecule has 1 aliphatic rings. The number of hydrogen-bond acceptors (Lipinski definition) is 5. The summed E-state index contributed by atoms with van der Waals surface area (Å²) in [7, 11) is 0. The quantitative estimate of drug-likeness (QED) is 0.201. The molecule has 6 heteroatoms. The van der Waals surface area contributed by atoms with Crippen molar-refractivity contribution in [2.45, 2.75) is 38.7 Å². The summed E-state index contributed by atoms with van der Waals surface area (Å²) in [5.74, 6) is -0.875. The molecule has 0 amide bonds. The third kappa shape index (κ3) is 5.79. The second kappa shape index (κ2) is 11.4. The molecule has 5 aromatic rings. The van der Waals surface area contributed by atoms with Crippen molar-refractivity contribution in [3.05, 3.63) is 132 Å². The predicted octanol–water partition coefficient (Wildman–Crippen LogP) is 7.30. The Morgan fingerprint density at radius 3 is 2.12 bits per heavy atom. The molecule has 0 bridgehead atoms. The lowest BCUT2D eigenvalue weighted by molar-refractivity contribution is -0.0561. The predicted molar refractivity (Wildman–Crippen MR) is 158 cm³/mol. The number of hydrogen-bond donors (Lipinski definition) is 0. The number of rotatable bonds is 7.